The molecule has 0 spiro atoms. The number of hydrogen-bond donors (Lipinski definition) is 2. The molecule has 22 heavy (non-hydrogen) atoms. The maximum Gasteiger partial charge on any atom is 0.416 e. The van der Waals surface area contributed by atoms with Crippen LogP contribution in [-0.4, -0.2) is 12.1 Å². The van der Waals surface area contributed by atoms with E-state index >= 15 is 0 Å². The van der Waals surface area contributed by atoms with Crippen molar-refractivity contribution in [3.05, 3.63) is 65.2 Å². The van der Waals surface area contributed by atoms with Gasteiger partial charge in [0.25, 0.3) is 5.91 Å². The second-order valence-electron chi connectivity index (χ2n) is 4.44. The van der Waals surface area contributed by atoms with Gasteiger partial charge in [0, 0.05) is 11.3 Å². The number of nitrogens with zero attached hydrogens (tertiary/aromatic N) is 1. The quantitative estimate of drug-likeness (QED) is 0.520. The molecule has 0 aliphatic carbocycles. The Balaban J connectivity index is 1.97. The molecule has 0 saturated carbocycles. The number of halogens is 3. The first-order valence-corrected chi connectivity index (χ1v) is 6.22. The molecule has 0 radical (unpaired) electrons. The molecule has 2 aromatic rings. The molecule has 0 unspecified atom stereocenters. The van der Waals surface area contributed by atoms with Crippen LogP contribution < -0.4 is 11.2 Å². The maximum atomic E-state index is 12.4. The Morgan fingerprint density at radius 2 is 1.64 bits per heavy atom. The third-order valence-electron chi connectivity index (χ3n) is 2.79. The number of alkyl halides is 3. The van der Waals surface area contributed by atoms with Crippen LogP contribution in [0.5, 0.6) is 0 Å². The van der Waals surface area contributed by atoms with E-state index in [0.29, 0.717) is 16.8 Å². The van der Waals surface area contributed by atoms with Crippen LogP contribution >= 0.6 is 0 Å². The van der Waals surface area contributed by atoms with Crippen LogP contribution in [0.3, 0.4) is 0 Å². The fraction of sp³-hybridized carbons (Fsp3) is 0.0667. The molecule has 0 aromatic heterocycles. The average molecular weight is 307 g/mol. The highest BCUT2D eigenvalue weighted by Crippen LogP contribution is 2.28. The predicted molar refractivity (Wildman–Crippen MR) is 77.4 cm³/mol. The molecule has 114 valence electrons. The lowest BCUT2D eigenvalue weighted by Gasteiger charge is -2.05. The van der Waals surface area contributed by atoms with Crippen LogP contribution in [-0.2, 0) is 6.18 Å². The summed E-state index contributed by atoms with van der Waals surface area (Å²) in [5.74, 6) is -0.442. The van der Waals surface area contributed by atoms with Crippen LogP contribution in [0.2, 0.25) is 0 Å². The number of carbonyl (C=O) groups is 1. The summed E-state index contributed by atoms with van der Waals surface area (Å²) >= 11 is 0. The van der Waals surface area contributed by atoms with Crippen molar-refractivity contribution >= 4 is 17.8 Å². The molecule has 0 saturated heterocycles. The Bertz CT molecular complexity index is 677. The summed E-state index contributed by atoms with van der Waals surface area (Å²) in [7, 11) is 0. The van der Waals surface area contributed by atoms with Crippen molar-refractivity contribution < 1.29 is 18.0 Å². The fourth-order valence-corrected chi connectivity index (χ4v) is 1.62. The number of carbonyl (C=O) groups excluding carboxylic acids is 1. The number of benzene rings is 2. The van der Waals surface area contributed by atoms with E-state index in [1.807, 2.05) is 0 Å². The molecule has 0 atom stereocenters. The summed E-state index contributed by atoms with van der Waals surface area (Å²) in [6.07, 6.45) is -3.12. The first kappa shape index (κ1) is 15.6. The third-order valence-corrected chi connectivity index (χ3v) is 2.79. The van der Waals surface area contributed by atoms with Gasteiger partial charge in [-0.25, -0.2) is 5.43 Å². The zero-order chi connectivity index (χ0) is 16.2. The minimum atomic E-state index is -4.38. The van der Waals surface area contributed by atoms with E-state index in [0.717, 1.165) is 12.1 Å². The normalized spacial score (nSPS) is 11.6. The number of anilines is 1. The van der Waals surface area contributed by atoms with Crippen LogP contribution in [0.15, 0.2) is 53.6 Å². The molecule has 0 aliphatic rings. The van der Waals surface area contributed by atoms with Gasteiger partial charge in [-0.05, 0) is 42.0 Å². The molecular formula is C15H12F3N3O. The van der Waals surface area contributed by atoms with Crippen molar-refractivity contribution in [3.8, 4) is 0 Å². The summed E-state index contributed by atoms with van der Waals surface area (Å²) < 4.78 is 37.2. The molecule has 0 aliphatic heterocycles. The SMILES string of the molecule is Nc1ccc(C(=O)N/N=C\c2ccc(C(F)(F)F)cc2)cc1. The Morgan fingerprint density at radius 1 is 1.05 bits per heavy atom. The summed E-state index contributed by atoms with van der Waals surface area (Å²) in [5.41, 5.74) is 8.39. The summed E-state index contributed by atoms with van der Waals surface area (Å²) in [6, 6.07) is 10.7. The average Bonchev–Trinajstić information content (AvgIpc) is 2.47. The molecule has 4 nitrogen and oxygen atoms in total. The first-order valence-electron chi connectivity index (χ1n) is 6.22. The van der Waals surface area contributed by atoms with Gasteiger partial charge in [0.05, 0.1) is 11.8 Å². The Morgan fingerprint density at radius 3 is 2.18 bits per heavy atom. The molecule has 1 amide bonds. The van der Waals surface area contributed by atoms with Crippen molar-refractivity contribution in [3.63, 3.8) is 0 Å². The summed E-state index contributed by atoms with van der Waals surface area (Å²) in [5, 5.41) is 3.70. The van der Waals surface area contributed by atoms with Crippen molar-refractivity contribution in [1.29, 1.82) is 0 Å². The highest BCUT2D eigenvalue weighted by Gasteiger charge is 2.29. The maximum absolute atomic E-state index is 12.4. The zero-order valence-corrected chi connectivity index (χ0v) is 11.3. The lowest BCUT2D eigenvalue weighted by atomic mass is 10.1. The number of rotatable bonds is 3. The number of nitrogens with two attached hydrogens (primary N) is 1. The van der Waals surface area contributed by atoms with E-state index in [4.69, 9.17) is 5.73 Å². The Hall–Kier alpha value is -2.83. The van der Waals surface area contributed by atoms with Gasteiger partial charge >= 0.3 is 6.18 Å². The van der Waals surface area contributed by atoms with Crippen LogP contribution in [0.25, 0.3) is 0 Å². The van der Waals surface area contributed by atoms with E-state index in [9.17, 15) is 18.0 Å². The molecule has 7 heteroatoms. The first-order chi connectivity index (χ1) is 10.4. The van der Waals surface area contributed by atoms with Crippen molar-refractivity contribution in [2.24, 2.45) is 5.10 Å². The van der Waals surface area contributed by atoms with Gasteiger partial charge in [0.1, 0.15) is 0 Å². The van der Waals surface area contributed by atoms with Crippen LogP contribution in [0.4, 0.5) is 18.9 Å². The van der Waals surface area contributed by atoms with E-state index < -0.39 is 17.6 Å². The molecule has 2 aromatic carbocycles. The number of nitrogens with one attached hydrogen (secondary N) is 1. The zero-order valence-electron chi connectivity index (χ0n) is 11.3. The van der Waals surface area contributed by atoms with E-state index in [-0.39, 0.29) is 0 Å². The molecule has 0 heterocycles. The highest BCUT2D eigenvalue weighted by molar-refractivity contribution is 5.95. The molecule has 2 rings (SSSR count). The molecule has 0 bridgehead atoms. The minimum Gasteiger partial charge on any atom is -0.399 e. The topological polar surface area (TPSA) is 67.5 Å². The van der Waals surface area contributed by atoms with Crippen molar-refractivity contribution in [2.45, 2.75) is 6.18 Å². The number of hydrogen-bond acceptors (Lipinski definition) is 3. The second kappa shape index (κ2) is 6.30. The van der Waals surface area contributed by atoms with Gasteiger partial charge in [0.15, 0.2) is 0 Å². The molecule has 3 N–H and O–H groups in total. The predicted octanol–water partition coefficient (Wildman–Crippen LogP) is 3.05. The molecule has 0 fully saturated rings. The monoisotopic (exact) mass is 307 g/mol. The van der Waals surface area contributed by atoms with Crippen molar-refractivity contribution in [2.75, 3.05) is 5.73 Å². The van der Waals surface area contributed by atoms with Gasteiger partial charge in [-0.2, -0.15) is 18.3 Å². The Labute approximate surface area is 124 Å². The van der Waals surface area contributed by atoms with Gasteiger partial charge in [0.2, 0.25) is 0 Å². The minimum absolute atomic E-state index is 0.374. The van der Waals surface area contributed by atoms with E-state index in [2.05, 4.69) is 10.5 Å². The van der Waals surface area contributed by atoms with E-state index in [1.165, 1.54) is 30.5 Å². The van der Waals surface area contributed by atoms with Crippen LogP contribution in [0.1, 0.15) is 21.5 Å². The fourth-order valence-electron chi connectivity index (χ4n) is 1.62. The largest absolute Gasteiger partial charge is 0.416 e. The van der Waals surface area contributed by atoms with Crippen LogP contribution in [0, 0.1) is 0 Å². The highest BCUT2D eigenvalue weighted by atomic mass is 19.4. The summed E-state index contributed by atoms with van der Waals surface area (Å²) in [6.45, 7) is 0. The van der Waals surface area contributed by atoms with Gasteiger partial charge < -0.3 is 5.73 Å². The lowest BCUT2D eigenvalue weighted by molar-refractivity contribution is -0.137. The standard InChI is InChI=1S/C15H12F3N3O/c16-15(17,18)12-5-1-10(2-6-12)9-20-21-14(22)11-3-7-13(19)8-4-11/h1-9H,19H2,(H,21,22)/b20-9-. The Kier molecular flexibility index (Phi) is 4.45. The number of nitrogen functional groups attached to an aromatic ring is 1. The second-order valence-corrected chi connectivity index (χ2v) is 4.44. The third kappa shape index (κ3) is 4.08. The number of amides is 1. The van der Waals surface area contributed by atoms with Gasteiger partial charge in [-0.3, -0.25) is 4.79 Å². The summed E-state index contributed by atoms with van der Waals surface area (Å²) in [4.78, 5) is 11.7. The molecular weight excluding hydrogens is 295 g/mol. The lowest BCUT2D eigenvalue weighted by Crippen LogP contribution is -2.17. The van der Waals surface area contributed by atoms with Gasteiger partial charge in [-0.1, -0.05) is 12.1 Å². The smallest absolute Gasteiger partial charge is 0.399 e. The van der Waals surface area contributed by atoms with E-state index in [1.54, 1.807) is 12.1 Å². The number of hydrazone groups is 1. The van der Waals surface area contributed by atoms with Gasteiger partial charge in [-0.15, -0.1) is 0 Å². The van der Waals surface area contributed by atoms with Crippen molar-refractivity contribution in [1.82, 2.24) is 5.43 Å².